The molecule has 9 heavy (non-hydrogen) atoms. The van der Waals surface area contributed by atoms with Crippen molar-refractivity contribution in [2.24, 2.45) is 0 Å². The van der Waals surface area contributed by atoms with Crippen molar-refractivity contribution in [2.45, 2.75) is 0 Å². The van der Waals surface area contributed by atoms with Crippen LogP contribution < -0.4 is 0 Å². The Morgan fingerprint density at radius 3 is 1.00 bits per heavy atom. The van der Waals surface area contributed by atoms with E-state index in [0.29, 0.717) is 0 Å². The maximum absolute atomic E-state index is 8.74. The first kappa shape index (κ1) is 30.6. The third kappa shape index (κ3) is 165. The van der Waals surface area contributed by atoms with Gasteiger partial charge in [0.05, 0.1) is 0 Å². The van der Waals surface area contributed by atoms with Crippen LogP contribution in [0.25, 0.3) is 0 Å². The summed E-state index contributed by atoms with van der Waals surface area (Å²) in [6.07, 6.45) is 0. The van der Waals surface area contributed by atoms with Crippen molar-refractivity contribution in [3.63, 3.8) is 0 Å². The van der Waals surface area contributed by atoms with Crippen molar-refractivity contribution >= 4 is 35.2 Å². The molecule has 0 saturated carbocycles. The van der Waals surface area contributed by atoms with Gasteiger partial charge in [-0.15, -0.1) is 24.8 Å². The zero-order chi connectivity index (χ0) is 4.50. The molecule has 0 rings (SSSR count). The fourth-order valence-corrected chi connectivity index (χ4v) is 0. The zero-order valence-electron chi connectivity index (χ0n) is 4.14. The smallest absolute Gasteiger partial charge is 0.264 e. The van der Waals surface area contributed by atoms with Gasteiger partial charge in [0, 0.05) is 45.7 Å². The molecule has 0 aromatic rings. The van der Waals surface area contributed by atoms with Crippen molar-refractivity contribution < 1.29 is 63.2 Å². The molecule has 0 aliphatic carbocycles. The molecule has 0 aliphatic rings. The first-order valence-corrected chi connectivity index (χ1v) is 2.10. The summed E-state index contributed by atoms with van der Waals surface area (Å²) in [4.78, 5) is 0. The summed E-state index contributed by atoms with van der Waals surface area (Å²) >= 11 is 0. The Balaban J connectivity index is -0.0000000133. The molecule has 0 aromatic heterocycles. The van der Waals surface area contributed by atoms with E-state index in [1.807, 2.05) is 0 Å². The van der Waals surface area contributed by atoms with Gasteiger partial charge in [0.15, 0.2) is 0 Å². The molecule has 0 aliphatic heterocycles. The predicted molar refractivity (Wildman–Crippen MR) is 28.7 cm³/mol. The van der Waals surface area contributed by atoms with E-state index in [1.165, 1.54) is 0 Å². The molecule has 0 heterocycles. The Morgan fingerprint density at radius 1 is 1.00 bits per heavy atom. The summed E-state index contributed by atoms with van der Waals surface area (Å²) < 4.78 is 31.6. The average molecular weight is 328 g/mol. The summed E-state index contributed by atoms with van der Waals surface area (Å²) in [5, 5.41) is 0. The Kier molecular flexibility index (Phi) is 42.9. The van der Waals surface area contributed by atoms with Crippen molar-refractivity contribution in [3.05, 3.63) is 0 Å². The molecule has 0 amide bonds. The molecular formula is H4Cl2O4SZnZr. The van der Waals surface area contributed by atoms with Crippen LogP contribution in [0.2, 0.25) is 0 Å². The fourth-order valence-electron chi connectivity index (χ4n) is 0. The van der Waals surface area contributed by atoms with Crippen LogP contribution in [0.4, 0.5) is 0 Å². The SMILES string of the molecule is Cl.Cl.O=S(=O)(O)O.[Zn].[Zr]. The fraction of sp³-hybridized carbons (Fsp3) is 0. The number of halogens is 2. The van der Waals surface area contributed by atoms with Crippen LogP contribution in [0, 0.1) is 0 Å². The quantitative estimate of drug-likeness (QED) is 0.492. The van der Waals surface area contributed by atoms with E-state index in [0.717, 1.165) is 0 Å². The van der Waals surface area contributed by atoms with Crippen LogP contribution in [0.1, 0.15) is 0 Å². The second-order valence-electron chi connectivity index (χ2n) is 0.448. The monoisotopic (exact) mass is 324 g/mol. The molecule has 0 spiro atoms. The van der Waals surface area contributed by atoms with E-state index in [9.17, 15) is 0 Å². The van der Waals surface area contributed by atoms with Gasteiger partial charge in [0.2, 0.25) is 0 Å². The van der Waals surface area contributed by atoms with E-state index >= 15 is 0 Å². The molecule has 0 aromatic carbocycles. The predicted octanol–water partition coefficient (Wildman–Crippen LogP) is 0.186. The summed E-state index contributed by atoms with van der Waals surface area (Å²) in [5.74, 6) is 0. The molecule has 0 fully saturated rings. The Hall–Kier alpha value is 1.96. The Morgan fingerprint density at radius 2 is 1.00 bits per heavy atom. The number of hydrogen-bond donors (Lipinski definition) is 2. The second kappa shape index (κ2) is 12.6. The third-order valence-electron chi connectivity index (χ3n) is 0. The molecule has 54 valence electrons. The molecule has 0 bridgehead atoms. The molecule has 4 nitrogen and oxygen atoms in total. The maximum Gasteiger partial charge on any atom is 0.394 e. The normalized spacial score (nSPS) is 6.44. The van der Waals surface area contributed by atoms with Gasteiger partial charge in [-0.25, -0.2) is 0 Å². The molecule has 0 radical (unpaired) electrons. The van der Waals surface area contributed by atoms with Gasteiger partial charge >= 0.3 is 10.4 Å². The molecule has 9 heteroatoms. The minimum Gasteiger partial charge on any atom is -0.264 e. The molecular weight excluding hydrogens is 324 g/mol. The van der Waals surface area contributed by atoms with Gasteiger partial charge in [0.25, 0.3) is 0 Å². The second-order valence-corrected chi connectivity index (χ2v) is 1.34. The largest absolute Gasteiger partial charge is 0.394 e. The van der Waals surface area contributed by atoms with Gasteiger partial charge in [0.1, 0.15) is 0 Å². The summed E-state index contributed by atoms with van der Waals surface area (Å²) in [5.41, 5.74) is 0. The third-order valence-corrected chi connectivity index (χ3v) is 0. The minimum absolute atomic E-state index is 0. The Bertz CT molecular complexity index is 102. The van der Waals surface area contributed by atoms with Crippen molar-refractivity contribution in [3.8, 4) is 0 Å². The van der Waals surface area contributed by atoms with Crippen LogP contribution in [0.3, 0.4) is 0 Å². The molecule has 0 saturated heterocycles. The summed E-state index contributed by atoms with van der Waals surface area (Å²) in [6, 6.07) is 0. The first-order chi connectivity index (χ1) is 2.00. The summed E-state index contributed by atoms with van der Waals surface area (Å²) in [7, 11) is -4.67. The van der Waals surface area contributed by atoms with Crippen LogP contribution in [0.15, 0.2) is 0 Å². The first-order valence-electron chi connectivity index (χ1n) is 0.698. The standard InChI is InChI=1S/2ClH.H2O4S.Zn.Zr/c;;1-5(2,3)4;;/h2*1H;(H2,1,2,3,4);;. The van der Waals surface area contributed by atoms with E-state index < -0.39 is 10.4 Å². The minimum atomic E-state index is -4.67. The van der Waals surface area contributed by atoms with Gasteiger partial charge in [-0.1, -0.05) is 0 Å². The Labute approximate surface area is 97.4 Å². The average Bonchev–Trinajstić information content (AvgIpc) is 0.722. The van der Waals surface area contributed by atoms with Crippen molar-refractivity contribution in [2.75, 3.05) is 0 Å². The van der Waals surface area contributed by atoms with Crippen LogP contribution in [-0.4, -0.2) is 17.5 Å². The van der Waals surface area contributed by atoms with E-state index in [4.69, 9.17) is 17.5 Å². The van der Waals surface area contributed by atoms with Crippen LogP contribution in [-0.2, 0) is 56.1 Å². The molecule has 0 unspecified atom stereocenters. The topological polar surface area (TPSA) is 74.6 Å². The van der Waals surface area contributed by atoms with Gasteiger partial charge < -0.3 is 0 Å². The number of hydrogen-bond acceptors (Lipinski definition) is 2. The van der Waals surface area contributed by atoms with Crippen LogP contribution in [0.5, 0.6) is 0 Å². The summed E-state index contributed by atoms with van der Waals surface area (Å²) in [6.45, 7) is 0. The van der Waals surface area contributed by atoms with E-state index in [-0.39, 0.29) is 70.5 Å². The number of rotatable bonds is 0. The van der Waals surface area contributed by atoms with Gasteiger partial charge in [-0.2, -0.15) is 8.42 Å². The van der Waals surface area contributed by atoms with Gasteiger partial charge in [-0.3, -0.25) is 9.11 Å². The van der Waals surface area contributed by atoms with E-state index in [1.54, 1.807) is 0 Å². The van der Waals surface area contributed by atoms with Gasteiger partial charge in [-0.05, 0) is 0 Å². The van der Waals surface area contributed by atoms with E-state index in [2.05, 4.69) is 0 Å². The van der Waals surface area contributed by atoms with Crippen LogP contribution >= 0.6 is 24.8 Å². The molecule has 2 N–H and O–H groups in total. The molecule has 0 atom stereocenters. The maximum atomic E-state index is 8.74. The van der Waals surface area contributed by atoms with Crippen molar-refractivity contribution in [1.82, 2.24) is 0 Å². The van der Waals surface area contributed by atoms with Crippen molar-refractivity contribution in [1.29, 1.82) is 0 Å². The zero-order valence-corrected chi connectivity index (χ0v) is 12.0.